The molecule has 0 bridgehead atoms. The zero-order valence-corrected chi connectivity index (χ0v) is 12.8. The highest BCUT2D eigenvalue weighted by molar-refractivity contribution is 5.78. The molecular weight excluding hydrogens is 254 g/mol. The van der Waals surface area contributed by atoms with E-state index in [0.717, 1.165) is 32.5 Å². The fourth-order valence-corrected chi connectivity index (χ4v) is 3.23. The highest BCUT2D eigenvalue weighted by atomic mass is 16.2. The number of rotatable bonds is 1. The van der Waals surface area contributed by atoms with Crippen molar-refractivity contribution < 1.29 is 9.59 Å². The summed E-state index contributed by atoms with van der Waals surface area (Å²) in [4.78, 5) is 27.7. The predicted octanol–water partition coefficient (Wildman–Crippen LogP) is 1.93. The summed E-state index contributed by atoms with van der Waals surface area (Å²) in [5.41, 5.74) is 0. The molecule has 3 aliphatic rings. The Morgan fingerprint density at radius 2 is 1.45 bits per heavy atom. The quantitative estimate of drug-likeness (QED) is 0.737. The average molecular weight is 281 g/mol. The van der Waals surface area contributed by atoms with Crippen LogP contribution in [0.25, 0.3) is 0 Å². The van der Waals surface area contributed by atoms with Gasteiger partial charge in [-0.1, -0.05) is 19.3 Å². The molecular formula is C15H27N3O2. The molecule has 114 valence electrons. The topological polar surface area (TPSA) is 43.9 Å². The van der Waals surface area contributed by atoms with Crippen LogP contribution in [0.15, 0.2) is 0 Å². The van der Waals surface area contributed by atoms with Crippen molar-refractivity contribution in [1.82, 2.24) is 14.7 Å². The van der Waals surface area contributed by atoms with Gasteiger partial charge in [-0.15, -0.1) is 0 Å². The van der Waals surface area contributed by atoms with Gasteiger partial charge in [0, 0.05) is 46.2 Å². The predicted molar refractivity (Wildman–Crippen MR) is 78.5 cm³/mol. The third-order valence-corrected chi connectivity index (χ3v) is 4.55. The van der Waals surface area contributed by atoms with E-state index < -0.39 is 0 Å². The summed E-state index contributed by atoms with van der Waals surface area (Å²) in [5, 5.41) is 0. The zero-order chi connectivity index (χ0) is 14.5. The van der Waals surface area contributed by atoms with E-state index in [2.05, 4.69) is 4.90 Å². The van der Waals surface area contributed by atoms with Gasteiger partial charge >= 0.3 is 6.03 Å². The van der Waals surface area contributed by atoms with E-state index in [1.807, 2.05) is 14.1 Å². The third-order valence-electron chi connectivity index (χ3n) is 4.55. The van der Waals surface area contributed by atoms with Crippen LogP contribution in [0.2, 0.25) is 0 Å². The second kappa shape index (κ2) is 6.95. The first kappa shape index (κ1) is 15.1. The molecule has 2 saturated heterocycles. The van der Waals surface area contributed by atoms with Crippen molar-refractivity contribution in [3.63, 3.8) is 0 Å². The van der Waals surface area contributed by atoms with Crippen LogP contribution < -0.4 is 0 Å². The minimum absolute atomic E-state index is 0.130. The number of carbonyl (C=O) groups is 2. The molecule has 0 aromatic rings. The number of urea groups is 1. The third kappa shape index (κ3) is 3.64. The molecule has 1 aliphatic carbocycles. The fourth-order valence-electron chi connectivity index (χ4n) is 3.23. The van der Waals surface area contributed by atoms with Crippen molar-refractivity contribution in [1.29, 1.82) is 0 Å². The van der Waals surface area contributed by atoms with Crippen LogP contribution in [0.3, 0.4) is 0 Å². The first-order valence-electron chi connectivity index (χ1n) is 7.85. The fraction of sp³-hybridized carbons (Fsp3) is 0.867. The molecule has 2 heterocycles. The molecule has 3 fully saturated rings. The number of carbonyl (C=O) groups excluding carboxylic acids is 2. The van der Waals surface area contributed by atoms with Crippen LogP contribution >= 0.6 is 0 Å². The molecule has 0 aromatic carbocycles. The van der Waals surface area contributed by atoms with E-state index in [4.69, 9.17) is 0 Å². The van der Waals surface area contributed by atoms with E-state index >= 15 is 0 Å². The minimum atomic E-state index is 0.130. The SMILES string of the molecule is CN1CCN(C)C1=O.O=C1CCCN1C1CCCCC1. The first-order chi connectivity index (χ1) is 9.59. The number of hydrogen-bond donors (Lipinski definition) is 0. The average Bonchev–Trinajstić information content (AvgIpc) is 3.02. The number of amides is 3. The lowest BCUT2D eigenvalue weighted by molar-refractivity contribution is -0.130. The summed E-state index contributed by atoms with van der Waals surface area (Å²) in [7, 11) is 3.62. The highest BCUT2D eigenvalue weighted by Gasteiger charge is 2.28. The zero-order valence-electron chi connectivity index (χ0n) is 12.8. The Morgan fingerprint density at radius 3 is 1.85 bits per heavy atom. The lowest BCUT2D eigenvalue weighted by atomic mass is 9.94. The Hall–Kier alpha value is -1.26. The van der Waals surface area contributed by atoms with Crippen LogP contribution in [0.1, 0.15) is 44.9 Å². The van der Waals surface area contributed by atoms with E-state index in [-0.39, 0.29) is 6.03 Å². The molecule has 0 spiro atoms. The number of nitrogens with zero attached hydrogens (tertiary/aromatic N) is 3. The normalized spacial score (nSPS) is 24.2. The second-order valence-corrected chi connectivity index (χ2v) is 6.11. The van der Waals surface area contributed by atoms with Gasteiger partial charge in [0.2, 0.25) is 5.91 Å². The molecule has 0 N–H and O–H groups in total. The largest absolute Gasteiger partial charge is 0.340 e. The van der Waals surface area contributed by atoms with Crippen LogP contribution in [0.4, 0.5) is 4.79 Å². The molecule has 0 aromatic heterocycles. The van der Waals surface area contributed by atoms with Crippen molar-refractivity contribution in [2.75, 3.05) is 33.7 Å². The Morgan fingerprint density at radius 1 is 0.850 bits per heavy atom. The van der Waals surface area contributed by atoms with Gasteiger partial charge in [0.05, 0.1) is 0 Å². The van der Waals surface area contributed by atoms with E-state index in [9.17, 15) is 9.59 Å². The van der Waals surface area contributed by atoms with E-state index in [1.54, 1.807) is 9.80 Å². The second-order valence-electron chi connectivity index (χ2n) is 6.11. The van der Waals surface area contributed by atoms with Crippen molar-refractivity contribution in [3.8, 4) is 0 Å². The van der Waals surface area contributed by atoms with Crippen LogP contribution in [-0.4, -0.2) is 66.4 Å². The van der Waals surface area contributed by atoms with E-state index in [0.29, 0.717) is 11.9 Å². The molecule has 3 rings (SSSR count). The molecule has 5 nitrogen and oxygen atoms in total. The van der Waals surface area contributed by atoms with Crippen LogP contribution in [-0.2, 0) is 4.79 Å². The van der Waals surface area contributed by atoms with Crippen molar-refractivity contribution in [3.05, 3.63) is 0 Å². The standard InChI is InChI=1S/C10H17NO.C5H10N2O/c12-10-7-4-8-11(10)9-5-2-1-3-6-9;1-6-3-4-7(2)5(6)8/h9H,1-8H2;3-4H2,1-2H3. The monoisotopic (exact) mass is 281 g/mol. The Balaban J connectivity index is 0.000000160. The van der Waals surface area contributed by atoms with Gasteiger partial charge in [-0.05, 0) is 19.3 Å². The summed E-state index contributed by atoms with van der Waals surface area (Å²) < 4.78 is 0. The highest BCUT2D eigenvalue weighted by Crippen LogP contribution is 2.25. The van der Waals surface area contributed by atoms with E-state index in [1.165, 1.54) is 32.1 Å². The molecule has 3 amide bonds. The van der Waals surface area contributed by atoms with Gasteiger partial charge in [-0.3, -0.25) is 4.79 Å². The molecule has 1 saturated carbocycles. The van der Waals surface area contributed by atoms with Crippen molar-refractivity contribution >= 4 is 11.9 Å². The molecule has 5 heteroatoms. The van der Waals surface area contributed by atoms with Crippen LogP contribution in [0, 0.1) is 0 Å². The molecule has 0 radical (unpaired) electrons. The smallest absolute Gasteiger partial charge is 0.319 e. The Bertz CT molecular complexity index is 341. The Kier molecular flexibility index (Phi) is 5.26. The van der Waals surface area contributed by atoms with Crippen molar-refractivity contribution in [2.45, 2.75) is 51.0 Å². The summed E-state index contributed by atoms with van der Waals surface area (Å²) in [6, 6.07) is 0.735. The number of hydrogen-bond acceptors (Lipinski definition) is 2. The van der Waals surface area contributed by atoms with Gasteiger partial charge in [0.1, 0.15) is 0 Å². The summed E-state index contributed by atoms with van der Waals surface area (Å²) >= 11 is 0. The van der Waals surface area contributed by atoms with Gasteiger partial charge in [-0.25, -0.2) is 4.79 Å². The molecule has 2 aliphatic heterocycles. The molecule has 0 unspecified atom stereocenters. The van der Waals surface area contributed by atoms with Crippen LogP contribution in [0.5, 0.6) is 0 Å². The minimum Gasteiger partial charge on any atom is -0.340 e. The maximum Gasteiger partial charge on any atom is 0.319 e. The summed E-state index contributed by atoms with van der Waals surface area (Å²) in [5.74, 6) is 0.405. The summed E-state index contributed by atoms with van der Waals surface area (Å²) in [6.07, 6.45) is 8.44. The van der Waals surface area contributed by atoms with Crippen molar-refractivity contribution in [2.24, 2.45) is 0 Å². The first-order valence-corrected chi connectivity index (χ1v) is 7.85. The molecule has 0 atom stereocenters. The number of likely N-dealkylation sites (tertiary alicyclic amines) is 1. The van der Waals surface area contributed by atoms with Gasteiger partial charge in [-0.2, -0.15) is 0 Å². The Labute approximate surface area is 121 Å². The maximum absolute atomic E-state index is 11.4. The maximum atomic E-state index is 11.4. The lowest BCUT2D eigenvalue weighted by Gasteiger charge is -2.30. The van der Waals surface area contributed by atoms with Gasteiger partial charge < -0.3 is 14.7 Å². The number of likely N-dealkylation sites (N-methyl/N-ethyl adjacent to an activating group) is 2. The molecule has 20 heavy (non-hydrogen) atoms. The van der Waals surface area contributed by atoms with Gasteiger partial charge in [0.15, 0.2) is 0 Å². The summed E-state index contributed by atoms with van der Waals surface area (Å²) in [6.45, 7) is 2.77. The lowest BCUT2D eigenvalue weighted by Crippen LogP contribution is -2.37. The van der Waals surface area contributed by atoms with Gasteiger partial charge in [0.25, 0.3) is 0 Å².